The van der Waals surface area contributed by atoms with Crippen molar-refractivity contribution in [3.8, 4) is 0 Å². The number of benzene rings is 3. The summed E-state index contributed by atoms with van der Waals surface area (Å²) >= 11 is 6.02. The summed E-state index contributed by atoms with van der Waals surface area (Å²) in [6, 6.07) is 27.2. The molecule has 1 aromatic heterocycles. The SMILES string of the molecule is Clc1ccc(/C(=N\OCc2ccccc2)c2cc3ccccc3o2)cc1. The summed E-state index contributed by atoms with van der Waals surface area (Å²) in [4.78, 5) is 5.61. The maximum Gasteiger partial charge on any atom is 0.157 e. The van der Waals surface area contributed by atoms with Crippen molar-refractivity contribution in [3.05, 3.63) is 107 Å². The van der Waals surface area contributed by atoms with Crippen molar-refractivity contribution in [2.24, 2.45) is 5.16 Å². The average Bonchev–Trinajstić information content (AvgIpc) is 3.11. The van der Waals surface area contributed by atoms with E-state index in [1.54, 1.807) is 0 Å². The van der Waals surface area contributed by atoms with Gasteiger partial charge in [-0.2, -0.15) is 0 Å². The molecule has 0 radical (unpaired) electrons. The number of hydrogen-bond acceptors (Lipinski definition) is 3. The van der Waals surface area contributed by atoms with Crippen molar-refractivity contribution in [1.29, 1.82) is 0 Å². The summed E-state index contributed by atoms with van der Waals surface area (Å²) in [7, 11) is 0. The van der Waals surface area contributed by atoms with E-state index in [-0.39, 0.29) is 0 Å². The van der Waals surface area contributed by atoms with Gasteiger partial charge in [0.25, 0.3) is 0 Å². The Morgan fingerprint density at radius 2 is 1.62 bits per heavy atom. The highest BCUT2D eigenvalue weighted by molar-refractivity contribution is 6.30. The van der Waals surface area contributed by atoms with Gasteiger partial charge in [-0.3, -0.25) is 0 Å². The van der Waals surface area contributed by atoms with Gasteiger partial charge >= 0.3 is 0 Å². The minimum Gasteiger partial charge on any atom is -0.454 e. The molecule has 0 aliphatic heterocycles. The van der Waals surface area contributed by atoms with Gasteiger partial charge in [0.2, 0.25) is 0 Å². The molecule has 0 N–H and O–H groups in total. The number of hydrogen-bond donors (Lipinski definition) is 0. The van der Waals surface area contributed by atoms with Crippen LogP contribution < -0.4 is 0 Å². The molecule has 4 rings (SSSR count). The van der Waals surface area contributed by atoms with Crippen LogP contribution in [0.15, 0.2) is 94.5 Å². The summed E-state index contributed by atoms with van der Waals surface area (Å²) in [6.45, 7) is 0.387. The van der Waals surface area contributed by atoms with Crippen LogP contribution in [-0.4, -0.2) is 5.71 Å². The number of fused-ring (bicyclic) bond motifs is 1. The number of para-hydroxylation sites is 1. The van der Waals surface area contributed by atoms with E-state index in [1.807, 2.05) is 84.9 Å². The first-order chi connectivity index (χ1) is 12.8. The molecule has 0 fully saturated rings. The fraction of sp³-hybridized carbons (Fsp3) is 0.0455. The average molecular weight is 362 g/mol. The van der Waals surface area contributed by atoms with E-state index in [4.69, 9.17) is 20.9 Å². The fourth-order valence-electron chi connectivity index (χ4n) is 2.69. The molecule has 0 saturated carbocycles. The van der Waals surface area contributed by atoms with Crippen LogP contribution in [0, 0.1) is 0 Å². The molecule has 3 aromatic carbocycles. The molecule has 128 valence electrons. The second-order valence-corrected chi connectivity index (χ2v) is 6.29. The molecule has 0 aliphatic carbocycles. The highest BCUT2D eigenvalue weighted by atomic mass is 35.5. The molecule has 0 amide bonds. The third-order valence-corrected chi connectivity index (χ3v) is 4.26. The van der Waals surface area contributed by atoms with Gasteiger partial charge in [-0.25, -0.2) is 0 Å². The lowest BCUT2D eigenvalue weighted by molar-refractivity contribution is 0.130. The minimum atomic E-state index is 0.387. The second kappa shape index (κ2) is 7.46. The lowest BCUT2D eigenvalue weighted by Gasteiger charge is -2.05. The minimum absolute atomic E-state index is 0.387. The summed E-state index contributed by atoms with van der Waals surface area (Å²) < 4.78 is 5.97. The smallest absolute Gasteiger partial charge is 0.157 e. The predicted molar refractivity (Wildman–Crippen MR) is 105 cm³/mol. The highest BCUT2D eigenvalue weighted by Gasteiger charge is 2.14. The molecule has 0 unspecified atom stereocenters. The van der Waals surface area contributed by atoms with Crippen molar-refractivity contribution >= 4 is 28.3 Å². The predicted octanol–water partition coefficient (Wildman–Crippen LogP) is 6.06. The summed E-state index contributed by atoms with van der Waals surface area (Å²) in [5.74, 6) is 0.654. The van der Waals surface area contributed by atoms with Gasteiger partial charge in [0.05, 0.1) is 0 Å². The largest absolute Gasteiger partial charge is 0.454 e. The van der Waals surface area contributed by atoms with E-state index in [9.17, 15) is 0 Å². The number of rotatable bonds is 5. The van der Waals surface area contributed by atoms with Crippen LogP contribution in [0.25, 0.3) is 11.0 Å². The quantitative estimate of drug-likeness (QED) is 0.320. The lowest BCUT2D eigenvalue weighted by atomic mass is 10.1. The molecule has 4 aromatic rings. The van der Waals surface area contributed by atoms with Crippen LogP contribution in [0.5, 0.6) is 0 Å². The Morgan fingerprint density at radius 3 is 2.38 bits per heavy atom. The van der Waals surface area contributed by atoms with E-state index in [2.05, 4.69) is 5.16 Å². The topological polar surface area (TPSA) is 34.7 Å². The molecule has 4 heteroatoms. The van der Waals surface area contributed by atoms with E-state index >= 15 is 0 Å². The Morgan fingerprint density at radius 1 is 0.885 bits per heavy atom. The van der Waals surface area contributed by atoms with E-state index in [0.717, 1.165) is 22.1 Å². The first-order valence-corrected chi connectivity index (χ1v) is 8.66. The number of oxime groups is 1. The Bertz CT molecular complexity index is 1000. The van der Waals surface area contributed by atoms with Gasteiger partial charge in [-0.05, 0) is 29.8 Å². The maximum atomic E-state index is 6.02. The summed E-state index contributed by atoms with van der Waals surface area (Å²) in [6.07, 6.45) is 0. The van der Waals surface area contributed by atoms with E-state index in [0.29, 0.717) is 23.1 Å². The van der Waals surface area contributed by atoms with E-state index < -0.39 is 0 Å². The monoisotopic (exact) mass is 361 g/mol. The van der Waals surface area contributed by atoms with Crippen LogP contribution in [-0.2, 0) is 11.4 Å². The third-order valence-electron chi connectivity index (χ3n) is 4.01. The summed E-state index contributed by atoms with van der Waals surface area (Å²) in [5, 5.41) is 6.05. The fourth-order valence-corrected chi connectivity index (χ4v) is 2.82. The van der Waals surface area contributed by atoms with Crippen molar-refractivity contribution in [2.45, 2.75) is 6.61 Å². The Labute approximate surface area is 156 Å². The molecule has 0 saturated heterocycles. The molecule has 0 spiro atoms. The summed E-state index contributed by atoms with van der Waals surface area (Å²) in [5.41, 5.74) is 3.37. The maximum absolute atomic E-state index is 6.02. The van der Waals surface area contributed by atoms with Crippen LogP contribution >= 0.6 is 11.6 Å². The molecule has 0 bridgehead atoms. The van der Waals surface area contributed by atoms with E-state index in [1.165, 1.54) is 0 Å². The number of halogens is 1. The molecular weight excluding hydrogens is 346 g/mol. The molecule has 0 aliphatic rings. The van der Waals surface area contributed by atoms with Crippen molar-refractivity contribution in [2.75, 3.05) is 0 Å². The normalized spacial score (nSPS) is 11.7. The molecule has 26 heavy (non-hydrogen) atoms. The standard InChI is InChI=1S/C22H16ClNO2/c23-19-12-10-17(11-13-19)22(24-25-15-16-6-2-1-3-7-16)21-14-18-8-4-5-9-20(18)26-21/h1-14H,15H2/b24-22+. The number of nitrogens with zero attached hydrogens (tertiary/aromatic N) is 1. The molecule has 3 nitrogen and oxygen atoms in total. The van der Waals surface area contributed by atoms with Gasteiger partial charge in [0.1, 0.15) is 12.2 Å². The van der Waals surface area contributed by atoms with Crippen LogP contribution in [0.2, 0.25) is 5.02 Å². The Hall–Kier alpha value is -3.04. The van der Waals surface area contributed by atoms with Crippen LogP contribution in [0.3, 0.4) is 0 Å². The van der Waals surface area contributed by atoms with Crippen LogP contribution in [0.1, 0.15) is 16.9 Å². The molecular formula is C22H16ClNO2. The van der Waals surface area contributed by atoms with Crippen molar-refractivity contribution in [3.63, 3.8) is 0 Å². The Kier molecular flexibility index (Phi) is 4.71. The molecule has 1 heterocycles. The first-order valence-electron chi connectivity index (χ1n) is 8.28. The van der Waals surface area contributed by atoms with Gasteiger partial charge < -0.3 is 9.25 Å². The zero-order valence-corrected chi connectivity index (χ0v) is 14.7. The van der Waals surface area contributed by atoms with Crippen molar-refractivity contribution < 1.29 is 9.25 Å². The first kappa shape index (κ1) is 16.4. The Balaban J connectivity index is 1.68. The van der Waals surface area contributed by atoms with Gasteiger partial charge in [-0.15, -0.1) is 0 Å². The lowest BCUT2D eigenvalue weighted by Crippen LogP contribution is -2.03. The second-order valence-electron chi connectivity index (χ2n) is 5.85. The van der Waals surface area contributed by atoms with Crippen molar-refractivity contribution in [1.82, 2.24) is 0 Å². The zero-order chi connectivity index (χ0) is 17.8. The number of furan rings is 1. The third kappa shape index (κ3) is 3.63. The van der Waals surface area contributed by atoms with Gasteiger partial charge in [0.15, 0.2) is 11.5 Å². The zero-order valence-electron chi connectivity index (χ0n) is 13.9. The highest BCUT2D eigenvalue weighted by Crippen LogP contribution is 2.23. The van der Waals surface area contributed by atoms with Gasteiger partial charge in [-0.1, -0.05) is 77.4 Å². The van der Waals surface area contributed by atoms with Gasteiger partial charge in [0, 0.05) is 16.0 Å². The molecule has 0 atom stereocenters. The van der Waals surface area contributed by atoms with Crippen LogP contribution in [0.4, 0.5) is 0 Å².